The number of nitrogen functional groups attached to an aromatic ring is 1. The van der Waals surface area contributed by atoms with Gasteiger partial charge in [-0.1, -0.05) is 0 Å². The minimum atomic E-state index is -0.526. The van der Waals surface area contributed by atoms with Crippen molar-refractivity contribution in [3.8, 4) is 5.75 Å². The van der Waals surface area contributed by atoms with Gasteiger partial charge in [0.05, 0.1) is 17.7 Å². The van der Waals surface area contributed by atoms with Crippen molar-refractivity contribution >= 4 is 21.8 Å². The van der Waals surface area contributed by atoms with Crippen LogP contribution in [-0.2, 0) is 4.74 Å². The maximum absolute atomic E-state index is 13.9. The lowest BCUT2D eigenvalue weighted by Gasteiger charge is -2.13. The molecule has 0 radical (unpaired) electrons. The topological polar surface area (TPSA) is 68.3 Å². The maximum Gasteiger partial charge on any atom is 0.179 e. The molecule has 6 heteroatoms. The number of halogens is 2. The van der Waals surface area contributed by atoms with Crippen molar-refractivity contribution in [1.82, 2.24) is 0 Å². The van der Waals surface area contributed by atoms with Gasteiger partial charge in [0.15, 0.2) is 11.6 Å². The highest BCUT2D eigenvalue weighted by atomic mass is 79.9. The smallest absolute Gasteiger partial charge is 0.179 e. The molecule has 0 aromatic heterocycles. The fourth-order valence-corrected chi connectivity index (χ4v) is 2.31. The molecular formula is C12H14BrFN2O2. The molecule has 1 aliphatic heterocycles. The van der Waals surface area contributed by atoms with Crippen molar-refractivity contribution in [1.29, 1.82) is 5.41 Å². The van der Waals surface area contributed by atoms with E-state index in [0.29, 0.717) is 24.7 Å². The molecule has 0 saturated carbocycles. The van der Waals surface area contributed by atoms with E-state index in [1.54, 1.807) is 6.07 Å². The van der Waals surface area contributed by atoms with E-state index in [1.165, 1.54) is 6.07 Å². The number of hydrogen-bond donors (Lipinski definition) is 2. The molecule has 0 bridgehead atoms. The van der Waals surface area contributed by atoms with Crippen molar-refractivity contribution in [3.63, 3.8) is 0 Å². The van der Waals surface area contributed by atoms with Crippen LogP contribution in [0.15, 0.2) is 16.6 Å². The van der Waals surface area contributed by atoms with Crippen LogP contribution < -0.4 is 10.5 Å². The third-order valence-corrected chi connectivity index (χ3v) is 3.61. The summed E-state index contributed by atoms with van der Waals surface area (Å²) in [5.41, 5.74) is 5.66. The summed E-state index contributed by atoms with van der Waals surface area (Å²) < 4.78 is 24.8. The molecule has 18 heavy (non-hydrogen) atoms. The summed E-state index contributed by atoms with van der Waals surface area (Å²) in [7, 11) is 0. The summed E-state index contributed by atoms with van der Waals surface area (Å²) in [5, 5.41) is 7.31. The van der Waals surface area contributed by atoms with Crippen molar-refractivity contribution in [3.05, 3.63) is 28.0 Å². The predicted octanol–water partition coefficient (Wildman–Crippen LogP) is 2.29. The van der Waals surface area contributed by atoms with Gasteiger partial charge in [-0.15, -0.1) is 0 Å². The Morgan fingerprint density at radius 1 is 1.61 bits per heavy atom. The Balaban J connectivity index is 2.09. The van der Waals surface area contributed by atoms with Crippen LogP contribution in [0.3, 0.4) is 0 Å². The first-order chi connectivity index (χ1) is 8.59. The second kappa shape index (κ2) is 5.67. The van der Waals surface area contributed by atoms with E-state index in [0.717, 1.165) is 13.0 Å². The number of nitrogens with one attached hydrogen (secondary N) is 1. The van der Waals surface area contributed by atoms with Gasteiger partial charge in [0.2, 0.25) is 0 Å². The summed E-state index contributed by atoms with van der Waals surface area (Å²) in [6.07, 6.45) is 0.939. The zero-order valence-electron chi connectivity index (χ0n) is 9.71. The Morgan fingerprint density at radius 3 is 3.00 bits per heavy atom. The van der Waals surface area contributed by atoms with E-state index in [9.17, 15) is 4.39 Å². The van der Waals surface area contributed by atoms with Crippen LogP contribution >= 0.6 is 15.9 Å². The normalized spacial score (nSPS) is 18.9. The number of hydrogen-bond acceptors (Lipinski definition) is 3. The van der Waals surface area contributed by atoms with Gasteiger partial charge in [-0.05, 0) is 34.5 Å². The molecule has 1 aliphatic rings. The van der Waals surface area contributed by atoms with Gasteiger partial charge in [-0.25, -0.2) is 4.39 Å². The standard InChI is InChI=1S/C12H14BrFN2O2/c13-10-8(12(15)16)1-2-9(11(10)14)18-6-7-3-4-17-5-7/h1-2,7H,3-6H2,(H3,15,16). The molecule has 1 fully saturated rings. The number of benzene rings is 1. The Bertz CT molecular complexity index is 462. The summed E-state index contributed by atoms with van der Waals surface area (Å²) in [5.74, 6) is -0.229. The quantitative estimate of drug-likeness (QED) is 0.661. The van der Waals surface area contributed by atoms with Crippen LogP contribution in [0.25, 0.3) is 0 Å². The molecule has 0 aliphatic carbocycles. The van der Waals surface area contributed by atoms with Crippen LogP contribution in [-0.4, -0.2) is 25.7 Å². The number of nitrogens with two attached hydrogens (primary N) is 1. The van der Waals surface area contributed by atoms with Crippen molar-refractivity contribution in [2.24, 2.45) is 11.7 Å². The fraction of sp³-hybridized carbons (Fsp3) is 0.417. The average Bonchev–Trinajstić information content (AvgIpc) is 2.83. The maximum atomic E-state index is 13.9. The van der Waals surface area contributed by atoms with E-state index >= 15 is 0 Å². The minimum absolute atomic E-state index is 0.162. The summed E-state index contributed by atoms with van der Waals surface area (Å²) in [4.78, 5) is 0. The first-order valence-corrected chi connectivity index (χ1v) is 6.42. The Morgan fingerprint density at radius 2 is 2.39 bits per heavy atom. The highest BCUT2D eigenvalue weighted by molar-refractivity contribution is 9.10. The highest BCUT2D eigenvalue weighted by Gasteiger charge is 2.19. The second-order valence-electron chi connectivity index (χ2n) is 4.19. The molecule has 98 valence electrons. The fourth-order valence-electron chi connectivity index (χ4n) is 1.77. The molecule has 0 amide bonds. The van der Waals surface area contributed by atoms with Gasteiger partial charge < -0.3 is 15.2 Å². The van der Waals surface area contributed by atoms with Crippen LogP contribution in [0.4, 0.5) is 4.39 Å². The van der Waals surface area contributed by atoms with Crippen LogP contribution in [0, 0.1) is 17.1 Å². The van der Waals surface area contributed by atoms with E-state index < -0.39 is 5.82 Å². The average molecular weight is 317 g/mol. The first-order valence-electron chi connectivity index (χ1n) is 5.62. The molecule has 1 atom stereocenters. The van der Waals surface area contributed by atoms with Crippen LogP contribution in [0.1, 0.15) is 12.0 Å². The highest BCUT2D eigenvalue weighted by Crippen LogP contribution is 2.29. The molecule has 0 spiro atoms. The monoisotopic (exact) mass is 316 g/mol. The van der Waals surface area contributed by atoms with E-state index in [4.69, 9.17) is 20.6 Å². The Labute approximate surface area is 113 Å². The SMILES string of the molecule is N=C(N)c1ccc(OCC2CCOC2)c(F)c1Br. The summed E-state index contributed by atoms with van der Waals surface area (Å²) >= 11 is 3.08. The van der Waals surface area contributed by atoms with Gasteiger partial charge in [-0.3, -0.25) is 5.41 Å². The molecular weight excluding hydrogens is 303 g/mol. The zero-order valence-corrected chi connectivity index (χ0v) is 11.3. The number of amidine groups is 1. The van der Waals surface area contributed by atoms with Crippen molar-refractivity contribution < 1.29 is 13.9 Å². The zero-order chi connectivity index (χ0) is 13.1. The lowest BCUT2D eigenvalue weighted by atomic mass is 10.1. The third kappa shape index (κ3) is 2.81. The van der Waals surface area contributed by atoms with Crippen LogP contribution in [0.5, 0.6) is 5.75 Å². The number of ether oxygens (including phenoxy) is 2. The van der Waals surface area contributed by atoms with Gasteiger partial charge in [-0.2, -0.15) is 0 Å². The lowest BCUT2D eigenvalue weighted by Crippen LogP contribution is -2.15. The van der Waals surface area contributed by atoms with Crippen LogP contribution in [0.2, 0.25) is 0 Å². The second-order valence-corrected chi connectivity index (χ2v) is 4.99. The van der Waals surface area contributed by atoms with Crippen molar-refractivity contribution in [2.45, 2.75) is 6.42 Å². The Hall–Kier alpha value is -1.14. The summed E-state index contributed by atoms with van der Waals surface area (Å²) in [6, 6.07) is 3.06. The molecule has 1 unspecified atom stereocenters. The van der Waals surface area contributed by atoms with Gasteiger partial charge in [0.25, 0.3) is 0 Å². The molecule has 1 aromatic carbocycles. The third-order valence-electron chi connectivity index (χ3n) is 2.84. The predicted molar refractivity (Wildman–Crippen MR) is 69.5 cm³/mol. The van der Waals surface area contributed by atoms with Gasteiger partial charge in [0.1, 0.15) is 5.84 Å². The summed E-state index contributed by atoms with van der Waals surface area (Å²) in [6.45, 7) is 1.83. The molecule has 1 heterocycles. The Kier molecular flexibility index (Phi) is 4.19. The molecule has 1 aromatic rings. The van der Waals surface area contributed by atoms with E-state index in [2.05, 4.69) is 15.9 Å². The first kappa shape index (κ1) is 13.3. The van der Waals surface area contributed by atoms with E-state index in [-0.39, 0.29) is 16.1 Å². The number of rotatable bonds is 4. The van der Waals surface area contributed by atoms with Gasteiger partial charge >= 0.3 is 0 Å². The molecule has 1 saturated heterocycles. The molecule has 3 N–H and O–H groups in total. The van der Waals surface area contributed by atoms with Gasteiger partial charge in [0, 0.05) is 18.1 Å². The molecule has 4 nitrogen and oxygen atoms in total. The minimum Gasteiger partial charge on any atom is -0.490 e. The van der Waals surface area contributed by atoms with Crippen molar-refractivity contribution in [2.75, 3.05) is 19.8 Å². The lowest BCUT2D eigenvalue weighted by molar-refractivity contribution is 0.165. The molecule has 2 rings (SSSR count). The van der Waals surface area contributed by atoms with E-state index in [1.807, 2.05) is 0 Å². The largest absolute Gasteiger partial charge is 0.490 e.